The molecule has 0 spiro atoms. The van der Waals surface area contributed by atoms with Crippen molar-refractivity contribution in [3.8, 4) is 0 Å². The van der Waals surface area contributed by atoms with Gasteiger partial charge in [0.25, 0.3) is 0 Å². The Morgan fingerprint density at radius 2 is 1.82 bits per heavy atom. The first-order chi connectivity index (χ1) is 8.09. The Balaban J connectivity index is 1.80. The summed E-state index contributed by atoms with van der Waals surface area (Å²) in [5.41, 5.74) is 0.554. The number of hydrogen-bond donors (Lipinski definition) is 1. The second-order valence-corrected chi connectivity index (χ2v) is 7.86. The number of rotatable bonds is 3. The highest BCUT2D eigenvalue weighted by molar-refractivity contribution is 5.07. The maximum absolute atomic E-state index is 9.90. The molecule has 2 bridgehead atoms. The number of fused-ring (bicyclic) bond motifs is 5. The smallest absolute Gasteiger partial charge is 0.0546 e. The molecule has 0 aromatic carbocycles. The Hall–Kier alpha value is 0.690. The van der Waals surface area contributed by atoms with E-state index >= 15 is 0 Å². The van der Waals surface area contributed by atoms with Crippen molar-refractivity contribution < 1.29 is 27.7 Å². The van der Waals surface area contributed by atoms with Gasteiger partial charge in [-0.1, -0.05) is 25.7 Å². The van der Waals surface area contributed by atoms with Crippen LogP contribution in [0, 0.1) is 35.0 Å². The second kappa shape index (κ2) is 4.36. The topological polar surface area (TPSA) is 20.2 Å². The zero-order chi connectivity index (χ0) is 12.2. The average Bonchev–Trinajstić information content (AvgIpc) is 2.97. The quantitative estimate of drug-likeness (QED) is 0.562. The molecule has 1 radical (unpaired) electrons. The van der Waals surface area contributed by atoms with E-state index in [9.17, 15) is 5.11 Å². The molecule has 7 atom stereocenters. The van der Waals surface area contributed by atoms with Crippen LogP contribution in [0.25, 0.3) is 0 Å². The number of aliphatic hydroxyl groups excluding tert-OH is 1. The molecule has 3 saturated carbocycles. The summed E-state index contributed by atoms with van der Waals surface area (Å²) in [5.74, 6) is 4.62. The highest BCUT2D eigenvalue weighted by Crippen LogP contribution is 2.64. The fourth-order valence-electron chi connectivity index (χ4n) is 5.30. The average molecular weight is 348 g/mol. The molecular formula is C15H25IO-. The predicted molar refractivity (Wildman–Crippen MR) is 65.2 cm³/mol. The summed E-state index contributed by atoms with van der Waals surface area (Å²) in [7, 11) is 0. The van der Waals surface area contributed by atoms with Gasteiger partial charge in [0.05, 0.1) is 6.10 Å². The monoisotopic (exact) mass is 348 g/mol. The Morgan fingerprint density at radius 3 is 2.47 bits per heavy atom. The molecule has 0 aromatic rings. The van der Waals surface area contributed by atoms with E-state index in [1.165, 1.54) is 23.7 Å². The van der Waals surface area contributed by atoms with E-state index in [-0.39, 0.29) is 6.10 Å². The first-order valence-corrected chi connectivity index (χ1v) is 8.85. The van der Waals surface area contributed by atoms with Crippen molar-refractivity contribution in [2.45, 2.75) is 52.1 Å². The third-order valence-electron chi connectivity index (χ3n) is 6.45. The van der Waals surface area contributed by atoms with Crippen molar-refractivity contribution in [2.75, 3.05) is 4.43 Å². The van der Waals surface area contributed by atoms with Crippen LogP contribution >= 0.6 is 0 Å². The van der Waals surface area contributed by atoms with Gasteiger partial charge in [-0.15, -0.1) is 0 Å². The van der Waals surface area contributed by atoms with Crippen LogP contribution in [-0.4, -0.2) is 15.6 Å². The Kier molecular flexibility index (Phi) is 3.26. The summed E-state index contributed by atoms with van der Waals surface area (Å²) in [4.78, 5) is 0. The van der Waals surface area contributed by atoms with Gasteiger partial charge in [0.15, 0.2) is 0 Å². The summed E-state index contributed by atoms with van der Waals surface area (Å²) in [5, 5.41) is 9.90. The van der Waals surface area contributed by atoms with Gasteiger partial charge in [0.1, 0.15) is 0 Å². The highest BCUT2D eigenvalue weighted by Gasteiger charge is 2.58. The first kappa shape index (κ1) is 12.7. The molecule has 3 aliphatic rings. The number of halogens is 1. The molecule has 3 rings (SSSR count). The van der Waals surface area contributed by atoms with Gasteiger partial charge in [-0.25, -0.2) is 0 Å². The lowest BCUT2D eigenvalue weighted by Crippen LogP contribution is -3.36. The molecule has 1 N–H and O–H groups in total. The van der Waals surface area contributed by atoms with E-state index < -0.39 is 0 Å². The van der Waals surface area contributed by atoms with E-state index in [1.54, 1.807) is 0 Å². The predicted octanol–water partition coefficient (Wildman–Crippen LogP) is -0.000900. The third-order valence-corrected chi connectivity index (χ3v) is 8.19. The number of hydrogen-bond acceptors (Lipinski definition) is 1. The van der Waals surface area contributed by atoms with Crippen molar-refractivity contribution in [3.63, 3.8) is 0 Å². The van der Waals surface area contributed by atoms with E-state index in [4.69, 9.17) is 0 Å². The Morgan fingerprint density at radius 1 is 1.12 bits per heavy atom. The van der Waals surface area contributed by atoms with Crippen LogP contribution < -0.4 is 22.6 Å². The van der Waals surface area contributed by atoms with Crippen molar-refractivity contribution in [1.82, 2.24) is 0 Å². The van der Waals surface area contributed by atoms with Crippen molar-refractivity contribution >= 4 is 0 Å². The van der Waals surface area contributed by atoms with Gasteiger partial charge in [-0.3, -0.25) is 0 Å². The molecule has 2 heteroatoms. The lowest BCUT2D eigenvalue weighted by molar-refractivity contribution is -0.397. The highest BCUT2D eigenvalue weighted by atomic mass is 127. The molecule has 0 saturated heterocycles. The molecule has 3 aliphatic carbocycles. The molecule has 0 aliphatic heterocycles. The van der Waals surface area contributed by atoms with Crippen molar-refractivity contribution in [3.05, 3.63) is 0 Å². The van der Waals surface area contributed by atoms with Crippen LogP contribution in [0.1, 0.15) is 46.0 Å². The zero-order valence-corrected chi connectivity index (χ0v) is 13.2. The molecule has 0 aromatic heterocycles. The minimum atomic E-state index is 0.0292. The fourth-order valence-corrected chi connectivity index (χ4v) is 6.40. The maximum Gasteiger partial charge on any atom is 0.0546 e. The number of alkyl halides is 1. The minimum absolute atomic E-state index is 0.0292. The molecule has 1 nitrogen and oxygen atoms in total. The van der Waals surface area contributed by atoms with Crippen LogP contribution in [0.4, 0.5) is 0 Å². The van der Waals surface area contributed by atoms with Crippen LogP contribution in [-0.2, 0) is 0 Å². The molecule has 99 valence electrons. The minimum Gasteiger partial charge on any atom is -0.797 e. The zero-order valence-electron chi connectivity index (χ0n) is 11.0. The third kappa shape index (κ3) is 1.80. The van der Waals surface area contributed by atoms with Gasteiger partial charge in [-0.2, -0.15) is 4.43 Å². The van der Waals surface area contributed by atoms with Crippen molar-refractivity contribution in [1.29, 1.82) is 0 Å². The van der Waals surface area contributed by atoms with Crippen molar-refractivity contribution in [2.24, 2.45) is 35.0 Å². The first-order valence-electron chi connectivity index (χ1n) is 7.33. The van der Waals surface area contributed by atoms with Crippen LogP contribution in [0.15, 0.2) is 0 Å². The van der Waals surface area contributed by atoms with Gasteiger partial charge in [0.2, 0.25) is 0 Å². The van der Waals surface area contributed by atoms with E-state index in [0.29, 0.717) is 5.41 Å². The maximum atomic E-state index is 9.90. The van der Waals surface area contributed by atoms with Gasteiger partial charge >= 0.3 is 0 Å². The molecule has 3 fully saturated rings. The van der Waals surface area contributed by atoms with E-state index in [2.05, 4.69) is 36.4 Å². The second-order valence-electron chi connectivity index (χ2n) is 7.10. The summed E-state index contributed by atoms with van der Waals surface area (Å²) in [6.07, 6.45) is 6.53. The molecule has 0 heterocycles. The van der Waals surface area contributed by atoms with Crippen LogP contribution in [0.3, 0.4) is 0 Å². The molecule has 7 unspecified atom stereocenters. The van der Waals surface area contributed by atoms with Gasteiger partial charge in [-0.05, 0) is 55.3 Å². The SMILES string of the molecule is CCC(C)(C[I-])C1CC2CC1C1CC(O)CC21. The largest absolute Gasteiger partial charge is 0.797 e. The van der Waals surface area contributed by atoms with Crippen LogP contribution in [0.2, 0.25) is 0 Å². The standard InChI is InChI=1S/C15H25IO/c1-3-15(2,8-16)14-5-9-4-13(14)12-7-10(17)6-11(9)12/h9-14,17H,3-8H2,1-2H3/q-1. The fraction of sp³-hybridized carbons (Fsp3) is 1.00. The lowest BCUT2D eigenvalue weighted by atomic mass is 9.64. The molecular weight excluding hydrogens is 323 g/mol. The lowest BCUT2D eigenvalue weighted by Gasteiger charge is -2.45. The summed E-state index contributed by atoms with van der Waals surface area (Å²) >= 11 is 2.59. The van der Waals surface area contributed by atoms with Gasteiger partial charge in [0, 0.05) is 0 Å². The summed E-state index contributed by atoms with van der Waals surface area (Å²) in [6, 6.07) is 0. The summed E-state index contributed by atoms with van der Waals surface area (Å²) < 4.78 is 1.30. The Labute approximate surface area is 119 Å². The normalized spacial score (nSPS) is 51.5. The molecule has 17 heavy (non-hydrogen) atoms. The Bertz CT molecular complexity index is 299. The van der Waals surface area contributed by atoms with E-state index in [1.807, 2.05) is 0 Å². The summed E-state index contributed by atoms with van der Waals surface area (Å²) in [6.45, 7) is 4.87. The number of aliphatic hydroxyl groups is 1. The van der Waals surface area contributed by atoms with Gasteiger partial charge < -0.3 is 27.7 Å². The van der Waals surface area contributed by atoms with E-state index in [0.717, 1.165) is 42.4 Å². The molecule has 0 amide bonds. The van der Waals surface area contributed by atoms with Crippen LogP contribution in [0.5, 0.6) is 0 Å².